The van der Waals surface area contributed by atoms with Gasteiger partial charge in [0.25, 0.3) is 0 Å². The van der Waals surface area contributed by atoms with Gasteiger partial charge in [0.1, 0.15) is 9.77 Å². The van der Waals surface area contributed by atoms with Gasteiger partial charge in [-0.05, 0) is 36.6 Å². The first-order valence-corrected chi connectivity index (χ1v) is 8.43. The van der Waals surface area contributed by atoms with E-state index in [4.69, 9.17) is 5.11 Å². The molecule has 0 aliphatic heterocycles. The lowest BCUT2D eigenvalue weighted by Crippen LogP contribution is -2.26. The van der Waals surface area contributed by atoms with Crippen LogP contribution in [-0.4, -0.2) is 26.0 Å². The van der Waals surface area contributed by atoms with Gasteiger partial charge in [-0.3, -0.25) is 0 Å². The van der Waals surface area contributed by atoms with Crippen LogP contribution in [0.2, 0.25) is 0 Å². The van der Waals surface area contributed by atoms with Crippen molar-refractivity contribution in [3.05, 3.63) is 15.8 Å². The molecular weight excluding hydrogens is 286 g/mol. The van der Waals surface area contributed by atoms with Crippen molar-refractivity contribution >= 4 is 27.3 Å². The van der Waals surface area contributed by atoms with Crippen molar-refractivity contribution in [1.82, 2.24) is 4.72 Å². The van der Waals surface area contributed by atoms with Gasteiger partial charge >= 0.3 is 5.97 Å². The maximum atomic E-state index is 12.1. The van der Waals surface area contributed by atoms with Crippen LogP contribution in [-0.2, 0) is 10.0 Å². The number of rotatable bonds is 7. The maximum absolute atomic E-state index is 12.1. The molecule has 0 saturated carbocycles. The second kappa shape index (κ2) is 6.49. The van der Waals surface area contributed by atoms with Gasteiger partial charge in [0.15, 0.2) is 0 Å². The van der Waals surface area contributed by atoms with Crippen LogP contribution in [0.5, 0.6) is 0 Å². The fraction of sp³-hybridized carbons (Fsp3) is 0.583. The zero-order chi connectivity index (χ0) is 14.6. The van der Waals surface area contributed by atoms with Crippen LogP contribution in [0.1, 0.15) is 41.9 Å². The van der Waals surface area contributed by atoms with Crippen LogP contribution in [0.25, 0.3) is 0 Å². The van der Waals surface area contributed by atoms with Gasteiger partial charge in [-0.2, -0.15) is 0 Å². The Kier molecular flexibility index (Phi) is 5.51. The Morgan fingerprint density at radius 2 is 2.11 bits per heavy atom. The normalized spacial score (nSPS) is 12.0. The number of aryl methyl sites for hydroxylation is 1. The summed E-state index contributed by atoms with van der Waals surface area (Å²) in [7, 11) is -3.74. The number of nitrogens with one attached hydrogen (secondary N) is 1. The summed E-state index contributed by atoms with van der Waals surface area (Å²) in [4.78, 5) is 10.8. The van der Waals surface area contributed by atoms with E-state index in [-0.39, 0.29) is 9.77 Å². The average Bonchev–Trinajstić information content (AvgIpc) is 2.67. The van der Waals surface area contributed by atoms with E-state index in [0.717, 1.165) is 24.2 Å². The predicted octanol–water partition coefficient (Wildman–Crippen LogP) is 2.47. The quantitative estimate of drug-likeness (QED) is 0.758. The fourth-order valence-electron chi connectivity index (χ4n) is 1.70. The zero-order valence-electron chi connectivity index (χ0n) is 11.3. The standard InChI is InChI=1S/C12H19NO4S2/c1-8(2)5-4-6-13-19(16,17)11-9(3)7-18-10(11)12(14)15/h7-8,13H,4-6H2,1-3H3,(H,14,15). The molecule has 19 heavy (non-hydrogen) atoms. The van der Waals surface area contributed by atoms with Crippen LogP contribution in [0.4, 0.5) is 0 Å². The third-order valence-corrected chi connectivity index (χ3v) is 5.49. The molecule has 1 aromatic heterocycles. The van der Waals surface area contributed by atoms with Crippen molar-refractivity contribution in [3.8, 4) is 0 Å². The Balaban J connectivity index is 2.83. The molecule has 108 valence electrons. The van der Waals surface area contributed by atoms with E-state index >= 15 is 0 Å². The van der Waals surface area contributed by atoms with Crippen molar-refractivity contribution in [1.29, 1.82) is 0 Å². The molecule has 2 N–H and O–H groups in total. The third-order valence-electron chi connectivity index (χ3n) is 2.63. The number of hydrogen-bond acceptors (Lipinski definition) is 4. The highest BCUT2D eigenvalue weighted by Crippen LogP contribution is 2.26. The first kappa shape index (κ1) is 16.1. The van der Waals surface area contributed by atoms with Gasteiger partial charge in [-0.15, -0.1) is 11.3 Å². The molecule has 0 unspecified atom stereocenters. The highest BCUT2D eigenvalue weighted by molar-refractivity contribution is 7.89. The molecule has 1 aromatic rings. The van der Waals surface area contributed by atoms with Gasteiger partial charge in [-0.1, -0.05) is 13.8 Å². The van der Waals surface area contributed by atoms with Crippen molar-refractivity contribution in [2.45, 2.75) is 38.5 Å². The molecule has 0 aliphatic rings. The van der Waals surface area contributed by atoms with E-state index in [2.05, 4.69) is 18.6 Å². The lowest BCUT2D eigenvalue weighted by molar-refractivity contribution is 0.0698. The summed E-state index contributed by atoms with van der Waals surface area (Å²) in [6.07, 6.45) is 1.67. The van der Waals surface area contributed by atoms with E-state index in [0.29, 0.717) is 18.0 Å². The van der Waals surface area contributed by atoms with E-state index in [1.54, 1.807) is 12.3 Å². The summed E-state index contributed by atoms with van der Waals surface area (Å²) in [5.41, 5.74) is 0.471. The summed E-state index contributed by atoms with van der Waals surface area (Å²) in [6.45, 7) is 6.07. The first-order chi connectivity index (χ1) is 8.75. The Morgan fingerprint density at radius 1 is 1.47 bits per heavy atom. The fourth-order valence-corrected chi connectivity index (χ4v) is 4.40. The Bertz CT molecular complexity index is 546. The summed E-state index contributed by atoms with van der Waals surface area (Å²) < 4.78 is 26.7. The Morgan fingerprint density at radius 3 is 2.63 bits per heavy atom. The minimum atomic E-state index is -3.74. The van der Waals surface area contributed by atoms with E-state index in [1.807, 2.05) is 0 Å². The Hall–Kier alpha value is -0.920. The largest absolute Gasteiger partial charge is 0.477 e. The number of hydrogen-bond donors (Lipinski definition) is 2. The van der Waals surface area contributed by atoms with Gasteiger partial charge < -0.3 is 5.11 Å². The van der Waals surface area contributed by atoms with Crippen LogP contribution in [0.15, 0.2) is 10.3 Å². The minimum Gasteiger partial charge on any atom is -0.477 e. The minimum absolute atomic E-state index is 0.102. The molecule has 0 saturated heterocycles. The van der Waals surface area contributed by atoms with Crippen LogP contribution >= 0.6 is 11.3 Å². The van der Waals surface area contributed by atoms with Gasteiger partial charge in [0.05, 0.1) is 0 Å². The first-order valence-electron chi connectivity index (χ1n) is 6.06. The second-order valence-electron chi connectivity index (χ2n) is 4.82. The van der Waals surface area contributed by atoms with E-state index < -0.39 is 16.0 Å². The summed E-state index contributed by atoms with van der Waals surface area (Å²) >= 11 is 0.937. The lowest BCUT2D eigenvalue weighted by Gasteiger charge is -2.08. The van der Waals surface area contributed by atoms with Crippen molar-refractivity contribution in [2.75, 3.05) is 6.54 Å². The van der Waals surface area contributed by atoms with E-state index in [1.165, 1.54) is 0 Å². The molecule has 0 aliphatic carbocycles. The molecule has 1 rings (SSSR count). The molecule has 5 nitrogen and oxygen atoms in total. The number of carbonyl (C=O) groups is 1. The summed E-state index contributed by atoms with van der Waals surface area (Å²) in [5.74, 6) is -0.692. The average molecular weight is 305 g/mol. The molecule has 0 spiro atoms. The molecule has 0 amide bonds. The Labute approximate surface area is 117 Å². The van der Waals surface area contributed by atoms with Crippen molar-refractivity contribution in [3.63, 3.8) is 0 Å². The van der Waals surface area contributed by atoms with Crippen LogP contribution in [0, 0.1) is 12.8 Å². The summed E-state index contributed by atoms with van der Waals surface area (Å²) in [5, 5.41) is 10.6. The molecule has 7 heteroatoms. The predicted molar refractivity (Wildman–Crippen MR) is 75.3 cm³/mol. The van der Waals surface area contributed by atoms with Crippen LogP contribution in [0.3, 0.4) is 0 Å². The maximum Gasteiger partial charge on any atom is 0.347 e. The SMILES string of the molecule is Cc1csc(C(=O)O)c1S(=O)(=O)NCCCC(C)C. The monoisotopic (exact) mass is 305 g/mol. The van der Waals surface area contributed by atoms with Gasteiger partial charge in [-0.25, -0.2) is 17.9 Å². The molecule has 1 heterocycles. The summed E-state index contributed by atoms with van der Waals surface area (Å²) in [6, 6.07) is 0. The molecular formula is C12H19NO4S2. The molecule has 0 bridgehead atoms. The molecule has 0 atom stereocenters. The second-order valence-corrected chi connectivity index (χ2v) is 7.40. The number of carboxylic acid groups (broad SMARTS) is 1. The number of aromatic carboxylic acids is 1. The molecule has 0 radical (unpaired) electrons. The topological polar surface area (TPSA) is 83.5 Å². The van der Waals surface area contributed by atoms with Crippen LogP contribution < -0.4 is 4.72 Å². The molecule has 0 fully saturated rings. The van der Waals surface area contributed by atoms with Crippen molar-refractivity contribution < 1.29 is 18.3 Å². The molecule has 0 aromatic carbocycles. The lowest BCUT2D eigenvalue weighted by atomic mass is 10.1. The third kappa shape index (κ3) is 4.29. The van der Waals surface area contributed by atoms with E-state index in [9.17, 15) is 13.2 Å². The number of carboxylic acids is 1. The highest BCUT2D eigenvalue weighted by Gasteiger charge is 2.26. The smallest absolute Gasteiger partial charge is 0.347 e. The van der Waals surface area contributed by atoms with Gasteiger partial charge in [0, 0.05) is 6.54 Å². The number of thiophene rings is 1. The van der Waals surface area contributed by atoms with Crippen molar-refractivity contribution in [2.24, 2.45) is 5.92 Å². The van der Waals surface area contributed by atoms with Gasteiger partial charge in [0.2, 0.25) is 10.0 Å². The number of sulfonamides is 1. The highest BCUT2D eigenvalue weighted by atomic mass is 32.2. The zero-order valence-corrected chi connectivity index (χ0v) is 12.9.